The monoisotopic (exact) mass is 217 g/mol. The van der Waals surface area contributed by atoms with Crippen molar-refractivity contribution in [3.05, 3.63) is 41.5 Å². The first kappa shape index (κ1) is 10.7. The van der Waals surface area contributed by atoms with Crippen LogP contribution in [0.4, 0.5) is 4.79 Å². The third kappa shape index (κ3) is 2.24. The topological polar surface area (TPSA) is 29.5 Å². The van der Waals surface area contributed by atoms with Crippen molar-refractivity contribution in [1.29, 1.82) is 0 Å². The summed E-state index contributed by atoms with van der Waals surface area (Å²) in [5.74, 6) is 0. The molecule has 0 aromatic heterocycles. The molecule has 84 valence electrons. The summed E-state index contributed by atoms with van der Waals surface area (Å²) in [5, 5.41) is 0. The summed E-state index contributed by atoms with van der Waals surface area (Å²) in [7, 11) is 3.37. The largest absolute Gasteiger partial charge is 0.442 e. The molecule has 0 saturated heterocycles. The average Bonchev–Trinajstić information content (AvgIpc) is 2.28. The molecule has 1 aromatic rings. The van der Waals surface area contributed by atoms with Crippen LogP contribution in [0.5, 0.6) is 0 Å². The zero-order chi connectivity index (χ0) is 11.5. The van der Waals surface area contributed by atoms with Gasteiger partial charge in [-0.05, 0) is 17.2 Å². The third-order valence-electron chi connectivity index (χ3n) is 2.58. The van der Waals surface area contributed by atoms with Gasteiger partial charge < -0.3 is 9.64 Å². The average molecular weight is 217 g/mol. The Balaban J connectivity index is 2.06. The van der Waals surface area contributed by atoms with Crippen LogP contribution in [0.3, 0.4) is 0 Å². The predicted molar refractivity (Wildman–Crippen MR) is 63.1 cm³/mol. The number of carbonyl (C=O) groups is 1. The molecule has 0 fully saturated rings. The first-order valence-electron chi connectivity index (χ1n) is 5.31. The zero-order valence-electron chi connectivity index (χ0n) is 9.51. The number of nitrogens with zero attached hydrogens (tertiary/aromatic N) is 1. The summed E-state index contributed by atoms with van der Waals surface area (Å²) in [6, 6.07) is 8.14. The van der Waals surface area contributed by atoms with Gasteiger partial charge in [-0.2, -0.15) is 0 Å². The first-order chi connectivity index (χ1) is 7.66. The van der Waals surface area contributed by atoms with Crippen molar-refractivity contribution in [3.63, 3.8) is 0 Å². The van der Waals surface area contributed by atoms with Crippen LogP contribution in [0.1, 0.15) is 11.1 Å². The van der Waals surface area contributed by atoms with E-state index in [9.17, 15) is 4.79 Å². The van der Waals surface area contributed by atoms with E-state index in [1.54, 1.807) is 14.1 Å². The molecule has 0 aliphatic heterocycles. The Morgan fingerprint density at radius 2 is 2.12 bits per heavy atom. The fraction of sp³-hybridized carbons (Fsp3) is 0.308. The quantitative estimate of drug-likeness (QED) is 0.722. The molecule has 16 heavy (non-hydrogen) atoms. The Labute approximate surface area is 95.3 Å². The number of fused-ring (bicyclic) bond motifs is 1. The van der Waals surface area contributed by atoms with E-state index in [4.69, 9.17) is 4.74 Å². The molecule has 0 N–H and O–H groups in total. The van der Waals surface area contributed by atoms with E-state index in [0.29, 0.717) is 0 Å². The van der Waals surface area contributed by atoms with E-state index in [1.165, 1.54) is 16.0 Å². The fourth-order valence-corrected chi connectivity index (χ4v) is 1.69. The normalized spacial score (nSPS) is 17.8. The molecule has 1 aliphatic carbocycles. The molecule has 0 bridgehead atoms. The smallest absolute Gasteiger partial charge is 0.409 e. The van der Waals surface area contributed by atoms with Crippen LogP contribution in [-0.2, 0) is 11.2 Å². The summed E-state index contributed by atoms with van der Waals surface area (Å²) in [6.07, 6.45) is 4.25. The number of rotatable bonds is 1. The van der Waals surface area contributed by atoms with Crippen molar-refractivity contribution >= 4 is 12.2 Å². The molecule has 3 heteroatoms. The summed E-state index contributed by atoms with van der Waals surface area (Å²) >= 11 is 0. The molecule has 0 spiro atoms. The van der Waals surface area contributed by atoms with Crippen LogP contribution < -0.4 is 0 Å². The minimum absolute atomic E-state index is 0.148. The van der Waals surface area contributed by atoms with Gasteiger partial charge in [0.15, 0.2) is 0 Å². The highest BCUT2D eigenvalue weighted by atomic mass is 16.6. The Morgan fingerprint density at radius 3 is 2.88 bits per heavy atom. The second-order valence-electron chi connectivity index (χ2n) is 4.08. The lowest BCUT2D eigenvalue weighted by atomic mass is 9.96. The number of benzene rings is 1. The molecule has 2 rings (SSSR count). The summed E-state index contributed by atoms with van der Waals surface area (Å²) in [5.41, 5.74) is 2.43. The highest BCUT2D eigenvalue weighted by Crippen LogP contribution is 2.20. The molecule has 0 heterocycles. The van der Waals surface area contributed by atoms with Crippen LogP contribution >= 0.6 is 0 Å². The molecule has 1 aliphatic rings. The maximum Gasteiger partial charge on any atom is 0.409 e. The third-order valence-corrected chi connectivity index (χ3v) is 2.58. The Bertz CT molecular complexity index is 424. The van der Waals surface area contributed by atoms with Crippen molar-refractivity contribution in [3.8, 4) is 0 Å². The molecule has 1 aromatic carbocycles. The maximum atomic E-state index is 11.4. The minimum atomic E-state index is -0.297. The van der Waals surface area contributed by atoms with Gasteiger partial charge in [-0.15, -0.1) is 0 Å². The fourth-order valence-electron chi connectivity index (χ4n) is 1.69. The van der Waals surface area contributed by atoms with Crippen LogP contribution in [-0.4, -0.2) is 31.2 Å². The van der Waals surface area contributed by atoms with Crippen molar-refractivity contribution in [1.82, 2.24) is 4.90 Å². The summed E-state index contributed by atoms with van der Waals surface area (Å²) < 4.78 is 5.31. The molecular weight excluding hydrogens is 202 g/mol. The molecule has 3 nitrogen and oxygen atoms in total. The van der Waals surface area contributed by atoms with E-state index in [0.717, 1.165) is 6.42 Å². The van der Waals surface area contributed by atoms with E-state index in [-0.39, 0.29) is 12.2 Å². The first-order valence-corrected chi connectivity index (χ1v) is 5.31. The van der Waals surface area contributed by atoms with E-state index >= 15 is 0 Å². The lowest BCUT2D eigenvalue weighted by molar-refractivity contribution is 0.0938. The Hall–Kier alpha value is -1.77. The Kier molecular flexibility index (Phi) is 2.95. The predicted octanol–water partition coefficient (Wildman–Crippen LogP) is 2.32. The lowest BCUT2D eigenvalue weighted by Gasteiger charge is -2.21. The lowest BCUT2D eigenvalue weighted by Crippen LogP contribution is -2.29. The number of ether oxygens (including phenoxy) is 1. The highest BCUT2D eigenvalue weighted by Gasteiger charge is 2.17. The molecule has 1 unspecified atom stereocenters. The van der Waals surface area contributed by atoms with Gasteiger partial charge in [-0.3, -0.25) is 0 Å². The minimum Gasteiger partial charge on any atom is -0.442 e. The van der Waals surface area contributed by atoms with E-state index in [2.05, 4.69) is 12.1 Å². The number of hydrogen-bond donors (Lipinski definition) is 0. The standard InChI is InChI=1S/C13H15NO2/c1-14(2)13(15)16-12-8-7-10-5-3-4-6-11(10)9-12/h3-8,12H,9H2,1-2H3. The van der Waals surface area contributed by atoms with Crippen LogP contribution in [0.15, 0.2) is 30.3 Å². The molecule has 1 atom stereocenters. The second-order valence-corrected chi connectivity index (χ2v) is 4.08. The Morgan fingerprint density at radius 1 is 1.38 bits per heavy atom. The number of carbonyl (C=O) groups excluding carboxylic acids is 1. The second kappa shape index (κ2) is 4.39. The molecule has 0 radical (unpaired) electrons. The molecule has 0 saturated carbocycles. The van der Waals surface area contributed by atoms with Crippen molar-refractivity contribution in [2.45, 2.75) is 12.5 Å². The molecular formula is C13H15NO2. The van der Waals surface area contributed by atoms with E-state index in [1.807, 2.05) is 24.3 Å². The number of amides is 1. The van der Waals surface area contributed by atoms with Crippen LogP contribution in [0.2, 0.25) is 0 Å². The van der Waals surface area contributed by atoms with Gasteiger partial charge in [0, 0.05) is 20.5 Å². The van der Waals surface area contributed by atoms with Crippen molar-refractivity contribution in [2.24, 2.45) is 0 Å². The van der Waals surface area contributed by atoms with Crippen LogP contribution in [0, 0.1) is 0 Å². The maximum absolute atomic E-state index is 11.4. The van der Waals surface area contributed by atoms with Gasteiger partial charge in [0.1, 0.15) is 6.10 Å². The zero-order valence-corrected chi connectivity index (χ0v) is 9.51. The van der Waals surface area contributed by atoms with Crippen molar-refractivity contribution < 1.29 is 9.53 Å². The van der Waals surface area contributed by atoms with Gasteiger partial charge in [0.25, 0.3) is 0 Å². The van der Waals surface area contributed by atoms with Gasteiger partial charge in [0.2, 0.25) is 0 Å². The highest BCUT2D eigenvalue weighted by molar-refractivity contribution is 5.68. The molecule has 1 amide bonds. The van der Waals surface area contributed by atoms with E-state index < -0.39 is 0 Å². The number of hydrogen-bond acceptors (Lipinski definition) is 2. The van der Waals surface area contributed by atoms with Gasteiger partial charge in [0.05, 0.1) is 0 Å². The van der Waals surface area contributed by atoms with Gasteiger partial charge in [-0.25, -0.2) is 4.79 Å². The van der Waals surface area contributed by atoms with Gasteiger partial charge >= 0.3 is 6.09 Å². The summed E-state index contributed by atoms with van der Waals surface area (Å²) in [4.78, 5) is 12.8. The summed E-state index contributed by atoms with van der Waals surface area (Å²) in [6.45, 7) is 0. The SMILES string of the molecule is CN(C)C(=O)OC1C=Cc2ccccc2C1. The van der Waals surface area contributed by atoms with Crippen LogP contribution in [0.25, 0.3) is 6.08 Å². The van der Waals surface area contributed by atoms with Crippen molar-refractivity contribution in [2.75, 3.05) is 14.1 Å². The van der Waals surface area contributed by atoms with Gasteiger partial charge in [-0.1, -0.05) is 30.3 Å².